The number of unbranched alkanes of at least 4 members (excludes halogenated alkanes) is 2. The molecule has 34 heavy (non-hydrogen) atoms. The van der Waals surface area contributed by atoms with Gasteiger partial charge in [0.1, 0.15) is 5.57 Å². The minimum Gasteiger partial charge on any atom is -0.377 e. The van der Waals surface area contributed by atoms with Crippen LogP contribution in [0.3, 0.4) is 0 Å². The molecule has 2 heterocycles. The Labute approximate surface area is 211 Å². The first-order valence-corrected chi connectivity index (χ1v) is 13.1. The van der Waals surface area contributed by atoms with Crippen LogP contribution in [0.1, 0.15) is 39.5 Å². The minimum atomic E-state index is -0.282. The van der Waals surface area contributed by atoms with Crippen LogP contribution in [-0.4, -0.2) is 61.0 Å². The Bertz CT molecular complexity index is 1160. The summed E-state index contributed by atoms with van der Waals surface area (Å²) in [5.41, 5.74) is 2.36. The Morgan fingerprint density at radius 3 is 2.03 bits per heavy atom. The van der Waals surface area contributed by atoms with Crippen LogP contribution in [0.15, 0.2) is 45.8 Å². The van der Waals surface area contributed by atoms with Crippen LogP contribution in [0.5, 0.6) is 0 Å². The molecule has 2 aliphatic heterocycles. The molecule has 0 unspecified atom stereocenters. The molecular weight excluding hydrogens is 464 g/mol. The van der Waals surface area contributed by atoms with Gasteiger partial charge >= 0.3 is 0 Å². The molecule has 0 saturated carbocycles. The maximum Gasteiger partial charge on any atom is 0.268 e. The van der Waals surface area contributed by atoms with Gasteiger partial charge in [-0.25, -0.2) is 0 Å². The molecule has 1 saturated heterocycles. The zero-order valence-corrected chi connectivity index (χ0v) is 22.2. The lowest BCUT2D eigenvalue weighted by molar-refractivity contribution is -0.134. The van der Waals surface area contributed by atoms with E-state index in [-0.39, 0.29) is 17.4 Å². The second kappa shape index (κ2) is 9.96. The van der Waals surface area contributed by atoms with E-state index >= 15 is 0 Å². The molecule has 8 heteroatoms. The van der Waals surface area contributed by atoms with Crippen LogP contribution in [0.25, 0.3) is 10.8 Å². The molecule has 0 spiro atoms. The fraction of sp³-hybridized carbons (Fsp3) is 0.423. The monoisotopic (exact) mass is 496 g/mol. The number of nitrogens with zero attached hydrogens (tertiary/aromatic N) is 4. The SMILES string of the molecule is CCCCN1C(=O)C(=C2Sc3cc(N(C)C)c4ccccc4c3N2C)C(=O)N(CCCC)C1=S. The number of thiocarbonyl (C=S) groups is 1. The van der Waals surface area contributed by atoms with Crippen molar-refractivity contribution in [2.75, 3.05) is 44.0 Å². The summed E-state index contributed by atoms with van der Waals surface area (Å²) in [5.74, 6) is -0.564. The molecule has 1 fully saturated rings. The van der Waals surface area contributed by atoms with Crippen molar-refractivity contribution in [2.24, 2.45) is 0 Å². The summed E-state index contributed by atoms with van der Waals surface area (Å²) in [6.45, 7) is 5.22. The van der Waals surface area contributed by atoms with Crippen LogP contribution in [0.4, 0.5) is 11.4 Å². The molecular formula is C26H32N4O2S2. The first kappa shape index (κ1) is 24.5. The van der Waals surface area contributed by atoms with Gasteiger partial charge in [0.15, 0.2) is 5.11 Å². The second-order valence-electron chi connectivity index (χ2n) is 8.93. The summed E-state index contributed by atoms with van der Waals surface area (Å²) >= 11 is 7.12. The van der Waals surface area contributed by atoms with E-state index in [1.54, 1.807) is 9.80 Å². The average Bonchev–Trinajstić information content (AvgIpc) is 3.14. The van der Waals surface area contributed by atoms with Gasteiger partial charge in [-0.15, -0.1) is 0 Å². The van der Waals surface area contributed by atoms with Gasteiger partial charge in [0.25, 0.3) is 11.8 Å². The van der Waals surface area contributed by atoms with Crippen molar-refractivity contribution in [3.8, 4) is 0 Å². The van der Waals surface area contributed by atoms with Gasteiger partial charge in [0, 0.05) is 55.6 Å². The Hall–Kier alpha value is -2.58. The predicted octanol–water partition coefficient (Wildman–Crippen LogP) is 5.22. The lowest BCUT2D eigenvalue weighted by Crippen LogP contribution is -2.57. The minimum absolute atomic E-state index is 0.222. The van der Waals surface area contributed by atoms with Crippen LogP contribution in [-0.2, 0) is 9.59 Å². The number of carbonyl (C=O) groups is 2. The van der Waals surface area contributed by atoms with Crippen molar-refractivity contribution < 1.29 is 9.59 Å². The van der Waals surface area contributed by atoms with Gasteiger partial charge < -0.3 is 9.80 Å². The first-order chi connectivity index (χ1) is 16.3. The number of fused-ring (bicyclic) bond motifs is 3. The van der Waals surface area contributed by atoms with Gasteiger partial charge in [-0.1, -0.05) is 62.7 Å². The van der Waals surface area contributed by atoms with Crippen LogP contribution in [0, 0.1) is 0 Å². The van der Waals surface area contributed by atoms with Crippen molar-refractivity contribution >= 4 is 63.1 Å². The number of benzene rings is 2. The topological polar surface area (TPSA) is 47.1 Å². The van der Waals surface area contributed by atoms with Gasteiger partial charge in [-0.05, 0) is 31.1 Å². The number of rotatable bonds is 7. The third kappa shape index (κ3) is 4.07. The number of hydrogen-bond acceptors (Lipinski definition) is 6. The van der Waals surface area contributed by atoms with E-state index in [0.29, 0.717) is 23.2 Å². The van der Waals surface area contributed by atoms with Gasteiger partial charge in [-0.3, -0.25) is 19.4 Å². The summed E-state index contributed by atoms with van der Waals surface area (Å²) in [6.07, 6.45) is 3.57. The van der Waals surface area contributed by atoms with Gasteiger partial charge in [0.2, 0.25) is 0 Å². The van der Waals surface area contributed by atoms with Crippen LogP contribution >= 0.6 is 24.0 Å². The average molecular weight is 497 g/mol. The molecule has 0 atom stereocenters. The standard InChI is InChI=1S/C26H32N4O2S2/c1-6-8-14-29-23(31)21(24(32)30(26(29)33)15-9-7-2)25-28(5)22-18-13-11-10-12-17(18)19(27(3)4)16-20(22)34-25/h10-13,16H,6-9,14-15H2,1-5H3. The Balaban J connectivity index is 1.86. The summed E-state index contributed by atoms with van der Waals surface area (Å²) in [7, 11) is 6.01. The van der Waals surface area contributed by atoms with Crippen molar-refractivity contribution in [3.05, 3.63) is 40.9 Å². The van der Waals surface area contributed by atoms with Crippen LogP contribution in [0.2, 0.25) is 0 Å². The van der Waals surface area contributed by atoms with E-state index < -0.39 is 0 Å². The van der Waals surface area contributed by atoms with Crippen molar-refractivity contribution in [1.29, 1.82) is 0 Å². The maximum atomic E-state index is 13.7. The highest BCUT2D eigenvalue weighted by atomic mass is 32.2. The van der Waals surface area contributed by atoms with E-state index in [4.69, 9.17) is 12.2 Å². The molecule has 2 amide bonds. The normalized spacial score (nSPS) is 16.3. The van der Waals surface area contributed by atoms with E-state index in [2.05, 4.69) is 36.9 Å². The van der Waals surface area contributed by atoms with Gasteiger partial charge in [0.05, 0.1) is 10.7 Å². The predicted molar refractivity (Wildman–Crippen MR) is 145 cm³/mol. The fourth-order valence-corrected chi connectivity index (χ4v) is 6.07. The third-order valence-electron chi connectivity index (χ3n) is 6.35. The Morgan fingerprint density at radius 1 is 0.941 bits per heavy atom. The van der Waals surface area contributed by atoms with Crippen molar-refractivity contribution in [1.82, 2.24) is 9.80 Å². The lowest BCUT2D eigenvalue weighted by Gasteiger charge is -2.37. The van der Waals surface area contributed by atoms with E-state index in [0.717, 1.165) is 52.7 Å². The molecule has 0 aliphatic carbocycles. The zero-order chi connectivity index (χ0) is 24.6. The Morgan fingerprint density at radius 2 is 1.50 bits per heavy atom. The number of hydrogen-bond donors (Lipinski definition) is 0. The number of anilines is 2. The zero-order valence-electron chi connectivity index (χ0n) is 20.6. The number of amides is 2. The molecule has 2 aromatic rings. The second-order valence-corrected chi connectivity index (χ2v) is 10.3. The number of thioether (sulfide) groups is 1. The molecule has 6 nitrogen and oxygen atoms in total. The summed E-state index contributed by atoms with van der Waals surface area (Å²) in [4.78, 5) is 35.8. The molecule has 0 radical (unpaired) electrons. The summed E-state index contributed by atoms with van der Waals surface area (Å²) in [5, 5.41) is 3.26. The molecule has 4 rings (SSSR count). The van der Waals surface area contributed by atoms with E-state index in [1.165, 1.54) is 11.8 Å². The first-order valence-electron chi connectivity index (χ1n) is 11.9. The van der Waals surface area contributed by atoms with Gasteiger partial charge in [-0.2, -0.15) is 0 Å². The maximum absolute atomic E-state index is 13.7. The quantitative estimate of drug-likeness (QED) is 0.298. The molecule has 0 bridgehead atoms. The molecule has 2 aromatic carbocycles. The molecule has 0 N–H and O–H groups in total. The smallest absolute Gasteiger partial charge is 0.268 e. The third-order valence-corrected chi connectivity index (χ3v) is 8.00. The largest absolute Gasteiger partial charge is 0.377 e. The highest BCUT2D eigenvalue weighted by molar-refractivity contribution is 8.03. The van der Waals surface area contributed by atoms with Crippen molar-refractivity contribution in [3.63, 3.8) is 0 Å². The van der Waals surface area contributed by atoms with Crippen molar-refractivity contribution in [2.45, 2.75) is 44.4 Å². The fourth-order valence-electron chi connectivity index (χ4n) is 4.49. The molecule has 180 valence electrons. The number of carbonyl (C=O) groups excluding carboxylic acids is 2. The summed E-state index contributed by atoms with van der Waals surface area (Å²) in [6, 6.07) is 10.4. The highest BCUT2D eigenvalue weighted by Crippen LogP contribution is 2.52. The Kier molecular flexibility index (Phi) is 7.19. The highest BCUT2D eigenvalue weighted by Gasteiger charge is 2.43. The summed E-state index contributed by atoms with van der Waals surface area (Å²) < 4.78 is 0. The van der Waals surface area contributed by atoms with E-state index in [1.807, 2.05) is 38.2 Å². The molecule has 0 aromatic heterocycles. The van der Waals surface area contributed by atoms with E-state index in [9.17, 15) is 9.59 Å². The lowest BCUT2D eigenvalue weighted by atomic mass is 10.0. The molecule has 2 aliphatic rings. The van der Waals surface area contributed by atoms with Crippen LogP contribution < -0.4 is 9.80 Å².